The van der Waals surface area contributed by atoms with E-state index in [2.05, 4.69) is 124 Å². The number of allylic oxidation sites excluding steroid dienone is 12. The lowest BCUT2D eigenvalue weighted by Gasteiger charge is -2.20. The lowest BCUT2D eigenvalue weighted by atomic mass is 9.77. The molecule has 2 aliphatic rings. The lowest BCUT2D eigenvalue weighted by molar-refractivity contribution is 0.136. The SMILES string of the molecule is C=C/C(=C\N=C(C)C1=c2ccccc2=C(C(/C=C\C)=C/C=C/C2C=CC=CCC2)Cc2ccccc21)B(OC(C)C)OC(C)C. The molecule has 0 amide bonds. The van der Waals surface area contributed by atoms with Crippen molar-refractivity contribution in [2.24, 2.45) is 10.9 Å². The number of nitrogens with zero attached hydrogens (tertiary/aromatic N) is 1. The molecule has 2 aromatic rings. The Morgan fingerprint density at radius 1 is 0.978 bits per heavy atom. The molecule has 0 N–H and O–H groups in total. The van der Waals surface area contributed by atoms with E-state index in [0.29, 0.717) is 5.92 Å². The van der Waals surface area contributed by atoms with Crippen molar-refractivity contribution in [2.75, 3.05) is 0 Å². The summed E-state index contributed by atoms with van der Waals surface area (Å²) in [4.78, 5) is 5.03. The fourth-order valence-electron chi connectivity index (χ4n) is 5.76. The van der Waals surface area contributed by atoms with Crippen molar-refractivity contribution < 1.29 is 9.31 Å². The van der Waals surface area contributed by atoms with Gasteiger partial charge in [-0.15, -0.1) is 0 Å². The third-order valence-electron chi connectivity index (χ3n) is 7.84. The smallest absolute Gasteiger partial charge is 0.405 e. The molecule has 2 aliphatic carbocycles. The highest BCUT2D eigenvalue weighted by atomic mass is 16.6. The molecule has 1 unspecified atom stereocenters. The van der Waals surface area contributed by atoms with E-state index in [9.17, 15) is 0 Å². The van der Waals surface area contributed by atoms with Crippen LogP contribution in [0.2, 0.25) is 0 Å². The Kier molecular flexibility index (Phi) is 12.7. The minimum Gasteiger partial charge on any atom is -0.405 e. The first kappa shape index (κ1) is 33.9. The summed E-state index contributed by atoms with van der Waals surface area (Å²) in [7, 11) is -0.538. The zero-order valence-electron chi connectivity index (χ0n) is 27.9. The van der Waals surface area contributed by atoms with Crippen LogP contribution >= 0.6 is 0 Å². The quantitative estimate of drug-likeness (QED) is 0.139. The Labute approximate surface area is 271 Å². The van der Waals surface area contributed by atoms with Crippen molar-refractivity contribution >= 4 is 24.0 Å². The van der Waals surface area contributed by atoms with E-state index in [1.807, 2.05) is 33.9 Å². The number of hydrogen-bond acceptors (Lipinski definition) is 3. The number of fused-ring (bicyclic) bond motifs is 2. The van der Waals surface area contributed by atoms with Crippen LogP contribution < -0.4 is 10.4 Å². The molecule has 232 valence electrons. The van der Waals surface area contributed by atoms with Crippen LogP contribution in [-0.2, 0) is 15.7 Å². The molecular formula is C41H48BNO2. The van der Waals surface area contributed by atoms with Crippen LogP contribution in [0.15, 0.2) is 138 Å². The second-order valence-electron chi connectivity index (χ2n) is 12.0. The van der Waals surface area contributed by atoms with Gasteiger partial charge in [-0.05, 0) is 99.4 Å². The molecule has 4 heteroatoms. The van der Waals surface area contributed by atoms with Gasteiger partial charge in [0.25, 0.3) is 0 Å². The summed E-state index contributed by atoms with van der Waals surface area (Å²) in [6, 6.07) is 17.5. The Hall–Kier alpha value is -3.99. The van der Waals surface area contributed by atoms with E-state index >= 15 is 0 Å². The Morgan fingerprint density at radius 3 is 2.40 bits per heavy atom. The summed E-state index contributed by atoms with van der Waals surface area (Å²) in [5.74, 6) is 0.444. The molecule has 0 fully saturated rings. The van der Waals surface area contributed by atoms with Crippen molar-refractivity contribution in [2.45, 2.75) is 73.0 Å². The van der Waals surface area contributed by atoms with Crippen LogP contribution in [0, 0.1) is 5.92 Å². The second kappa shape index (κ2) is 16.9. The average Bonchev–Trinajstić information content (AvgIpc) is 3.36. The maximum absolute atomic E-state index is 6.10. The minimum atomic E-state index is -0.538. The number of rotatable bonds is 12. The van der Waals surface area contributed by atoms with Crippen molar-refractivity contribution in [3.63, 3.8) is 0 Å². The molecule has 3 nitrogen and oxygen atoms in total. The largest absolute Gasteiger partial charge is 0.495 e. The van der Waals surface area contributed by atoms with Gasteiger partial charge in [0.05, 0.1) is 0 Å². The molecule has 0 heterocycles. The summed E-state index contributed by atoms with van der Waals surface area (Å²) in [6.45, 7) is 16.3. The normalized spacial score (nSPS) is 17.7. The summed E-state index contributed by atoms with van der Waals surface area (Å²) < 4.78 is 12.2. The predicted octanol–water partition coefficient (Wildman–Crippen LogP) is 8.58. The predicted molar refractivity (Wildman–Crippen MR) is 194 cm³/mol. The van der Waals surface area contributed by atoms with Gasteiger partial charge < -0.3 is 9.31 Å². The van der Waals surface area contributed by atoms with Crippen molar-refractivity contribution in [3.8, 4) is 0 Å². The molecule has 0 bridgehead atoms. The highest BCUT2D eigenvalue weighted by molar-refractivity contribution is 6.54. The number of hydrogen-bond donors (Lipinski definition) is 0. The summed E-state index contributed by atoms with van der Waals surface area (Å²) in [5.41, 5.74) is 7.86. The Bertz CT molecular complexity index is 1670. The third-order valence-corrected chi connectivity index (χ3v) is 7.84. The summed E-state index contributed by atoms with van der Waals surface area (Å²) in [5, 5.41) is 2.41. The van der Waals surface area contributed by atoms with E-state index in [1.54, 1.807) is 6.08 Å². The van der Waals surface area contributed by atoms with Gasteiger partial charge in [0.2, 0.25) is 0 Å². The first-order valence-electron chi connectivity index (χ1n) is 16.3. The molecule has 1 atom stereocenters. The molecule has 4 rings (SSSR count). The topological polar surface area (TPSA) is 30.8 Å². The lowest BCUT2D eigenvalue weighted by Crippen LogP contribution is -2.31. The highest BCUT2D eigenvalue weighted by Gasteiger charge is 2.25. The van der Waals surface area contributed by atoms with E-state index in [1.165, 1.54) is 32.7 Å². The van der Waals surface area contributed by atoms with E-state index in [4.69, 9.17) is 14.3 Å². The molecule has 0 radical (unpaired) electrons. The van der Waals surface area contributed by atoms with Crippen LogP contribution in [0.1, 0.15) is 65.5 Å². The van der Waals surface area contributed by atoms with Crippen LogP contribution in [-0.4, -0.2) is 25.0 Å². The van der Waals surface area contributed by atoms with Crippen LogP contribution in [0.4, 0.5) is 0 Å². The van der Waals surface area contributed by atoms with Crippen LogP contribution in [0.25, 0.3) is 11.1 Å². The summed E-state index contributed by atoms with van der Waals surface area (Å²) >= 11 is 0. The van der Waals surface area contributed by atoms with Crippen molar-refractivity contribution in [3.05, 3.63) is 155 Å². The maximum atomic E-state index is 6.10. The molecule has 45 heavy (non-hydrogen) atoms. The molecule has 0 aromatic heterocycles. The van der Waals surface area contributed by atoms with E-state index in [-0.39, 0.29) is 12.2 Å². The maximum Gasteiger partial charge on any atom is 0.495 e. The minimum absolute atomic E-state index is 0.000950. The monoisotopic (exact) mass is 597 g/mol. The highest BCUT2D eigenvalue weighted by Crippen LogP contribution is 2.27. The van der Waals surface area contributed by atoms with Gasteiger partial charge in [-0.1, -0.05) is 116 Å². The molecule has 0 spiro atoms. The number of aliphatic imine (C=N–C) groups is 1. The average molecular weight is 598 g/mol. The van der Waals surface area contributed by atoms with Gasteiger partial charge in [0, 0.05) is 35.2 Å². The van der Waals surface area contributed by atoms with E-state index < -0.39 is 7.12 Å². The van der Waals surface area contributed by atoms with Crippen molar-refractivity contribution in [1.82, 2.24) is 0 Å². The Balaban J connectivity index is 1.90. The first-order chi connectivity index (χ1) is 21.8. The molecule has 0 saturated carbocycles. The Morgan fingerprint density at radius 2 is 1.69 bits per heavy atom. The summed E-state index contributed by atoms with van der Waals surface area (Å²) in [6.07, 6.45) is 26.7. The van der Waals surface area contributed by atoms with Gasteiger partial charge >= 0.3 is 7.12 Å². The van der Waals surface area contributed by atoms with Gasteiger partial charge in [-0.3, -0.25) is 4.99 Å². The van der Waals surface area contributed by atoms with E-state index in [0.717, 1.165) is 36.0 Å². The van der Waals surface area contributed by atoms with Gasteiger partial charge in [-0.2, -0.15) is 0 Å². The molecule has 0 saturated heterocycles. The molecular weight excluding hydrogens is 549 g/mol. The first-order valence-corrected chi connectivity index (χ1v) is 16.3. The third kappa shape index (κ3) is 9.26. The van der Waals surface area contributed by atoms with Crippen LogP contribution in [0.3, 0.4) is 0 Å². The molecule has 2 aromatic carbocycles. The van der Waals surface area contributed by atoms with Gasteiger partial charge in [0.1, 0.15) is 0 Å². The fraction of sp³-hybridized carbons (Fsp3) is 0.293. The zero-order valence-corrected chi connectivity index (χ0v) is 27.9. The molecule has 0 aliphatic heterocycles. The fourth-order valence-corrected chi connectivity index (χ4v) is 5.76. The number of benzene rings is 2. The van der Waals surface area contributed by atoms with Crippen molar-refractivity contribution in [1.29, 1.82) is 0 Å². The second-order valence-corrected chi connectivity index (χ2v) is 12.0. The standard InChI is InChI=1S/C41H48BNO2/c1-8-19-34(24-18-22-33-20-12-10-11-13-21-33)40-28-35-23-14-15-25-37(35)41(39-27-17-16-26-38(39)40)32(7)43-29-36(9-2)42(44-30(3)4)45-31(5)6/h8-12,14-20,22-27,29-31,33H,2,13,21,28H2,1,3-7H3/b19-8-,22-18+,34-24+,36-29+,43-32?. The van der Waals surface area contributed by atoms with Gasteiger partial charge in [0.15, 0.2) is 0 Å². The zero-order chi connectivity index (χ0) is 32.2. The van der Waals surface area contributed by atoms with Gasteiger partial charge in [-0.25, -0.2) is 0 Å². The van der Waals surface area contributed by atoms with Crippen LogP contribution in [0.5, 0.6) is 0 Å².